The summed E-state index contributed by atoms with van der Waals surface area (Å²) in [6, 6.07) is 2.09. The Labute approximate surface area is 117 Å². The number of amides is 1. The molecule has 0 spiro atoms. The minimum atomic E-state index is -0.376. The van der Waals surface area contributed by atoms with Crippen LogP contribution in [0.3, 0.4) is 0 Å². The highest BCUT2D eigenvalue weighted by atomic mass is 32.1. The van der Waals surface area contributed by atoms with Crippen LogP contribution in [0.5, 0.6) is 0 Å². The van der Waals surface area contributed by atoms with Gasteiger partial charge in [-0.2, -0.15) is 0 Å². The van der Waals surface area contributed by atoms with E-state index in [2.05, 4.69) is 22.8 Å². The second kappa shape index (κ2) is 5.74. The van der Waals surface area contributed by atoms with Crippen molar-refractivity contribution in [3.63, 3.8) is 0 Å². The average molecular weight is 277 g/mol. The summed E-state index contributed by atoms with van der Waals surface area (Å²) >= 11 is 1.69. The number of thiophene rings is 1. The number of primary amides is 1. The lowest BCUT2D eigenvalue weighted by Gasteiger charge is -2.20. The Morgan fingerprint density at radius 2 is 2.42 bits per heavy atom. The van der Waals surface area contributed by atoms with Crippen LogP contribution in [-0.4, -0.2) is 30.4 Å². The summed E-state index contributed by atoms with van der Waals surface area (Å²) in [5.41, 5.74) is 11.4. The molecule has 2 heterocycles. The Morgan fingerprint density at radius 1 is 1.63 bits per heavy atom. The number of hydrogen-bond acceptors (Lipinski definition) is 4. The molecule has 0 aliphatic carbocycles. The Morgan fingerprint density at radius 3 is 3.05 bits per heavy atom. The third-order valence-corrected chi connectivity index (χ3v) is 4.44. The molecule has 4 N–H and O–H groups in total. The Balaban J connectivity index is 1.96. The van der Waals surface area contributed by atoms with Gasteiger partial charge in [0.25, 0.3) is 0 Å². The number of carbonyl (C=O) groups excluding carboxylic acids is 1. The minimum Gasteiger partial charge on any atom is -0.369 e. The van der Waals surface area contributed by atoms with Crippen molar-refractivity contribution < 1.29 is 4.79 Å². The van der Waals surface area contributed by atoms with Crippen LogP contribution >= 0.6 is 11.3 Å². The standard InChI is InChI=1S/C14H19N3OS/c1-14(13(16)18)4-6-17(10-14)8-12-7-11(9-19-12)3-2-5-15/h7,9H,4-6,8,10,15H2,1H3,(H2,16,18). The zero-order chi connectivity index (χ0) is 13.9. The van der Waals surface area contributed by atoms with E-state index in [0.29, 0.717) is 6.54 Å². The molecule has 0 bridgehead atoms. The molecule has 102 valence electrons. The van der Waals surface area contributed by atoms with Gasteiger partial charge in [0.2, 0.25) is 5.91 Å². The molecule has 1 aliphatic rings. The summed E-state index contributed by atoms with van der Waals surface area (Å²) in [5.74, 6) is 5.68. The lowest BCUT2D eigenvalue weighted by atomic mass is 9.89. The monoisotopic (exact) mass is 277 g/mol. The maximum atomic E-state index is 11.4. The smallest absolute Gasteiger partial charge is 0.224 e. The van der Waals surface area contributed by atoms with Crippen molar-refractivity contribution in [2.24, 2.45) is 16.9 Å². The largest absolute Gasteiger partial charge is 0.369 e. The van der Waals surface area contributed by atoms with Crippen molar-refractivity contribution >= 4 is 17.2 Å². The molecule has 1 atom stereocenters. The maximum absolute atomic E-state index is 11.4. The van der Waals surface area contributed by atoms with Gasteiger partial charge in [-0.05, 0) is 26.0 Å². The molecular weight excluding hydrogens is 258 g/mol. The predicted octanol–water partition coefficient (Wildman–Crippen LogP) is 0.756. The quantitative estimate of drug-likeness (QED) is 0.801. The van der Waals surface area contributed by atoms with Gasteiger partial charge in [-0.3, -0.25) is 9.69 Å². The highest BCUT2D eigenvalue weighted by Gasteiger charge is 2.38. The predicted molar refractivity (Wildman–Crippen MR) is 77.4 cm³/mol. The van der Waals surface area contributed by atoms with Gasteiger partial charge >= 0.3 is 0 Å². The van der Waals surface area contributed by atoms with Crippen LogP contribution in [0.4, 0.5) is 0 Å². The molecule has 19 heavy (non-hydrogen) atoms. The fraction of sp³-hybridized carbons (Fsp3) is 0.500. The molecule has 1 fully saturated rings. The molecule has 1 amide bonds. The minimum absolute atomic E-state index is 0.198. The van der Waals surface area contributed by atoms with Gasteiger partial charge in [-0.15, -0.1) is 11.3 Å². The molecule has 5 heteroatoms. The molecule has 1 aromatic heterocycles. The van der Waals surface area contributed by atoms with E-state index in [1.807, 2.05) is 12.3 Å². The SMILES string of the molecule is CC1(C(N)=O)CCN(Cc2cc(C#CCN)cs2)C1. The van der Waals surface area contributed by atoms with Gasteiger partial charge in [0.05, 0.1) is 12.0 Å². The summed E-state index contributed by atoms with van der Waals surface area (Å²) < 4.78 is 0. The first-order valence-corrected chi connectivity index (χ1v) is 7.20. The highest BCUT2D eigenvalue weighted by Crippen LogP contribution is 2.31. The van der Waals surface area contributed by atoms with Crippen molar-refractivity contribution in [3.8, 4) is 11.8 Å². The zero-order valence-electron chi connectivity index (χ0n) is 11.1. The molecule has 1 aliphatic heterocycles. The molecule has 0 radical (unpaired) electrons. The second-order valence-electron chi connectivity index (χ2n) is 5.19. The van der Waals surface area contributed by atoms with Crippen LogP contribution in [0.15, 0.2) is 11.4 Å². The number of likely N-dealkylation sites (tertiary alicyclic amines) is 1. The van der Waals surface area contributed by atoms with E-state index in [9.17, 15) is 4.79 Å². The topological polar surface area (TPSA) is 72.4 Å². The van der Waals surface area contributed by atoms with Gasteiger partial charge in [0, 0.05) is 28.9 Å². The number of nitrogens with zero attached hydrogens (tertiary/aromatic N) is 1. The van der Waals surface area contributed by atoms with Gasteiger partial charge in [-0.1, -0.05) is 11.8 Å². The van der Waals surface area contributed by atoms with Crippen LogP contribution in [-0.2, 0) is 11.3 Å². The molecule has 0 saturated carbocycles. The van der Waals surface area contributed by atoms with E-state index >= 15 is 0 Å². The molecule has 1 unspecified atom stereocenters. The van der Waals surface area contributed by atoms with Crippen LogP contribution in [0.1, 0.15) is 23.8 Å². The average Bonchev–Trinajstić information content (AvgIpc) is 2.95. The van der Waals surface area contributed by atoms with E-state index in [0.717, 1.165) is 31.6 Å². The van der Waals surface area contributed by atoms with Crippen LogP contribution in [0, 0.1) is 17.3 Å². The van der Waals surface area contributed by atoms with Crippen molar-refractivity contribution in [3.05, 3.63) is 21.9 Å². The first-order chi connectivity index (χ1) is 9.03. The highest BCUT2D eigenvalue weighted by molar-refractivity contribution is 7.10. The number of rotatable bonds is 3. The summed E-state index contributed by atoms with van der Waals surface area (Å²) in [6.45, 7) is 4.85. The molecule has 1 saturated heterocycles. The lowest BCUT2D eigenvalue weighted by Crippen LogP contribution is -2.36. The summed E-state index contributed by atoms with van der Waals surface area (Å²) in [5, 5.41) is 2.04. The van der Waals surface area contributed by atoms with Crippen molar-refractivity contribution in [2.45, 2.75) is 19.9 Å². The van der Waals surface area contributed by atoms with Gasteiger partial charge in [-0.25, -0.2) is 0 Å². The molecule has 0 aromatic carbocycles. The van der Waals surface area contributed by atoms with Crippen LogP contribution < -0.4 is 11.5 Å². The lowest BCUT2D eigenvalue weighted by molar-refractivity contribution is -0.126. The van der Waals surface area contributed by atoms with Crippen molar-refractivity contribution in [1.29, 1.82) is 0 Å². The summed E-state index contributed by atoms with van der Waals surface area (Å²) in [7, 11) is 0. The second-order valence-corrected chi connectivity index (χ2v) is 6.19. The molecule has 2 rings (SSSR count). The third-order valence-electron chi connectivity index (χ3n) is 3.52. The van der Waals surface area contributed by atoms with Crippen LogP contribution in [0.2, 0.25) is 0 Å². The van der Waals surface area contributed by atoms with E-state index in [-0.39, 0.29) is 11.3 Å². The molecule has 1 aromatic rings. The maximum Gasteiger partial charge on any atom is 0.224 e. The normalized spacial score (nSPS) is 23.1. The van der Waals surface area contributed by atoms with E-state index < -0.39 is 0 Å². The summed E-state index contributed by atoms with van der Waals surface area (Å²) in [4.78, 5) is 14.9. The zero-order valence-corrected chi connectivity index (χ0v) is 11.9. The fourth-order valence-corrected chi connectivity index (χ4v) is 3.15. The fourth-order valence-electron chi connectivity index (χ4n) is 2.30. The van der Waals surface area contributed by atoms with Crippen molar-refractivity contribution in [1.82, 2.24) is 4.90 Å². The molecular formula is C14H19N3OS. The first kappa shape index (κ1) is 14.1. The Hall–Kier alpha value is -1.35. The van der Waals surface area contributed by atoms with E-state index in [1.165, 1.54) is 4.88 Å². The molecule has 4 nitrogen and oxygen atoms in total. The third kappa shape index (κ3) is 3.35. The Bertz CT molecular complexity index is 528. The van der Waals surface area contributed by atoms with Gasteiger partial charge < -0.3 is 11.5 Å². The number of carbonyl (C=O) groups is 1. The number of nitrogens with two attached hydrogens (primary N) is 2. The van der Waals surface area contributed by atoms with Crippen LogP contribution in [0.25, 0.3) is 0 Å². The van der Waals surface area contributed by atoms with E-state index in [1.54, 1.807) is 11.3 Å². The van der Waals surface area contributed by atoms with Gasteiger partial charge in [0.1, 0.15) is 0 Å². The summed E-state index contributed by atoms with van der Waals surface area (Å²) in [6.07, 6.45) is 0.841. The van der Waals surface area contributed by atoms with Gasteiger partial charge in [0.15, 0.2) is 0 Å². The number of hydrogen-bond donors (Lipinski definition) is 2. The van der Waals surface area contributed by atoms with Crippen molar-refractivity contribution in [2.75, 3.05) is 19.6 Å². The van der Waals surface area contributed by atoms with E-state index in [4.69, 9.17) is 11.5 Å². The first-order valence-electron chi connectivity index (χ1n) is 6.32. The Kier molecular flexibility index (Phi) is 4.25.